The molecule has 1 aliphatic heterocycles. The van der Waals surface area contributed by atoms with Crippen LogP contribution in [0.25, 0.3) is 11.8 Å². The number of hydrogen-bond donors (Lipinski definition) is 1. The van der Waals surface area contributed by atoms with Crippen LogP contribution in [-0.2, 0) is 4.79 Å². The molecular formula is C24H22ClN3O2. The van der Waals surface area contributed by atoms with Gasteiger partial charge < -0.3 is 9.88 Å². The molecule has 0 unspecified atom stereocenters. The number of amides is 3. The standard InChI is InChI=1S/C24H22ClN3O2/c1-14-8-9-21(10-15(14)2)27-16(3)11-18(17(27)4)12-22-23(29)28(24(30)26-22)20-7-5-6-19(25)13-20/h5-13H,1-4H3,(H,26,30)/b22-12+. The first-order valence-electron chi connectivity index (χ1n) is 9.65. The van der Waals surface area contributed by atoms with Crippen molar-refractivity contribution in [3.8, 4) is 5.69 Å². The summed E-state index contributed by atoms with van der Waals surface area (Å²) in [4.78, 5) is 26.5. The van der Waals surface area contributed by atoms with E-state index in [9.17, 15) is 9.59 Å². The Labute approximate surface area is 180 Å². The molecule has 1 aromatic heterocycles. The van der Waals surface area contributed by atoms with Crippen LogP contribution in [0.4, 0.5) is 10.5 Å². The number of nitrogens with one attached hydrogen (secondary N) is 1. The van der Waals surface area contributed by atoms with E-state index in [1.807, 2.05) is 19.9 Å². The third kappa shape index (κ3) is 3.42. The molecule has 152 valence electrons. The molecule has 3 aromatic rings. The lowest BCUT2D eigenvalue weighted by atomic mass is 10.1. The fourth-order valence-corrected chi connectivity index (χ4v) is 3.92. The number of rotatable bonds is 3. The normalized spacial score (nSPS) is 15.2. The largest absolute Gasteiger partial charge is 0.333 e. The van der Waals surface area contributed by atoms with Gasteiger partial charge in [0, 0.05) is 22.1 Å². The second kappa shape index (κ2) is 7.50. The highest BCUT2D eigenvalue weighted by atomic mass is 35.5. The maximum atomic E-state index is 12.9. The Morgan fingerprint density at radius 1 is 0.900 bits per heavy atom. The van der Waals surface area contributed by atoms with Crippen molar-refractivity contribution in [2.75, 3.05) is 4.90 Å². The average molecular weight is 420 g/mol. The van der Waals surface area contributed by atoms with Crippen molar-refractivity contribution in [2.45, 2.75) is 27.7 Å². The summed E-state index contributed by atoms with van der Waals surface area (Å²) in [6.45, 7) is 8.21. The minimum atomic E-state index is -0.489. The Hall–Kier alpha value is -3.31. The van der Waals surface area contributed by atoms with Crippen LogP contribution >= 0.6 is 11.6 Å². The summed E-state index contributed by atoms with van der Waals surface area (Å²) in [5, 5.41) is 3.14. The maximum Gasteiger partial charge on any atom is 0.333 e. The highest BCUT2D eigenvalue weighted by molar-refractivity contribution is 6.32. The van der Waals surface area contributed by atoms with E-state index >= 15 is 0 Å². The first kappa shape index (κ1) is 20.0. The molecule has 30 heavy (non-hydrogen) atoms. The van der Waals surface area contributed by atoms with Gasteiger partial charge in [0.2, 0.25) is 0 Å². The van der Waals surface area contributed by atoms with Crippen molar-refractivity contribution in [2.24, 2.45) is 0 Å². The lowest BCUT2D eigenvalue weighted by Crippen LogP contribution is -2.30. The number of imide groups is 1. The number of aryl methyl sites for hydroxylation is 3. The lowest BCUT2D eigenvalue weighted by Gasteiger charge is -2.12. The van der Waals surface area contributed by atoms with E-state index in [1.54, 1.807) is 30.3 Å². The Balaban J connectivity index is 1.71. The van der Waals surface area contributed by atoms with E-state index in [2.05, 4.69) is 41.9 Å². The highest BCUT2D eigenvalue weighted by Gasteiger charge is 2.35. The van der Waals surface area contributed by atoms with Crippen LogP contribution in [0.3, 0.4) is 0 Å². The molecule has 2 aromatic carbocycles. The Morgan fingerprint density at radius 2 is 1.67 bits per heavy atom. The van der Waals surface area contributed by atoms with Gasteiger partial charge in [0.1, 0.15) is 5.70 Å². The molecule has 6 heteroatoms. The van der Waals surface area contributed by atoms with E-state index in [0.29, 0.717) is 10.7 Å². The molecule has 2 heterocycles. The quantitative estimate of drug-likeness (QED) is 0.452. The third-order valence-corrected chi connectivity index (χ3v) is 5.70. The molecule has 0 saturated carbocycles. The van der Waals surface area contributed by atoms with Crippen LogP contribution in [0, 0.1) is 27.7 Å². The Kier molecular flexibility index (Phi) is 5.00. The molecule has 1 fully saturated rings. The zero-order chi connectivity index (χ0) is 21.6. The lowest BCUT2D eigenvalue weighted by molar-refractivity contribution is -0.113. The van der Waals surface area contributed by atoms with Crippen LogP contribution in [0.15, 0.2) is 54.2 Å². The SMILES string of the molecule is Cc1ccc(-n2c(C)cc(/C=C3/NC(=O)N(c4cccc(Cl)c4)C3=O)c2C)cc1C. The molecule has 0 atom stereocenters. The topological polar surface area (TPSA) is 54.3 Å². The van der Waals surface area contributed by atoms with Crippen molar-refractivity contribution < 1.29 is 9.59 Å². The summed E-state index contributed by atoms with van der Waals surface area (Å²) >= 11 is 6.02. The number of carbonyl (C=O) groups excluding carboxylic acids is 2. The molecule has 1 N–H and O–H groups in total. The van der Waals surface area contributed by atoms with Gasteiger partial charge in [-0.05, 0) is 86.9 Å². The van der Waals surface area contributed by atoms with Gasteiger partial charge in [-0.1, -0.05) is 23.7 Å². The Bertz CT molecular complexity index is 1220. The molecule has 0 aliphatic carbocycles. The summed E-state index contributed by atoms with van der Waals surface area (Å²) in [5.74, 6) is -0.404. The van der Waals surface area contributed by atoms with E-state index in [4.69, 9.17) is 11.6 Å². The second-order valence-corrected chi connectivity index (χ2v) is 7.98. The van der Waals surface area contributed by atoms with Crippen LogP contribution in [0.2, 0.25) is 5.02 Å². The van der Waals surface area contributed by atoms with Gasteiger partial charge in [-0.2, -0.15) is 0 Å². The number of benzene rings is 2. The monoisotopic (exact) mass is 419 g/mol. The predicted octanol–water partition coefficient (Wildman–Crippen LogP) is 5.46. The van der Waals surface area contributed by atoms with Crippen molar-refractivity contribution in [1.29, 1.82) is 0 Å². The minimum absolute atomic E-state index is 0.236. The molecule has 0 radical (unpaired) electrons. The third-order valence-electron chi connectivity index (χ3n) is 5.46. The van der Waals surface area contributed by atoms with Crippen molar-refractivity contribution in [3.63, 3.8) is 0 Å². The molecule has 0 bridgehead atoms. The maximum absolute atomic E-state index is 12.9. The number of hydrogen-bond acceptors (Lipinski definition) is 2. The van der Waals surface area contributed by atoms with Gasteiger partial charge in [-0.25, -0.2) is 9.69 Å². The molecule has 1 saturated heterocycles. The fraction of sp³-hybridized carbons (Fsp3) is 0.167. The summed E-state index contributed by atoms with van der Waals surface area (Å²) in [6.07, 6.45) is 1.73. The number of nitrogens with zero attached hydrogens (tertiary/aromatic N) is 2. The molecule has 5 nitrogen and oxygen atoms in total. The van der Waals surface area contributed by atoms with Crippen LogP contribution < -0.4 is 10.2 Å². The summed E-state index contributed by atoms with van der Waals surface area (Å²) in [6, 6.07) is 14.5. The van der Waals surface area contributed by atoms with Crippen LogP contribution in [0.5, 0.6) is 0 Å². The second-order valence-electron chi connectivity index (χ2n) is 7.54. The van der Waals surface area contributed by atoms with Gasteiger partial charge in [-0.15, -0.1) is 0 Å². The molecule has 4 rings (SSSR count). The summed E-state index contributed by atoms with van der Waals surface area (Å²) in [7, 11) is 0. The van der Waals surface area contributed by atoms with Gasteiger partial charge in [0.05, 0.1) is 5.69 Å². The number of aromatic nitrogens is 1. The highest BCUT2D eigenvalue weighted by Crippen LogP contribution is 2.27. The van der Waals surface area contributed by atoms with Crippen molar-refractivity contribution in [3.05, 3.63) is 87.3 Å². The molecular weight excluding hydrogens is 398 g/mol. The predicted molar refractivity (Wildman–Crippen MR) is 120 cm³/mol. The van der Waals surface area contributed by atoms with Gasteiger partial charge in [-0.3, -0.25) is 4.79 Å². The number of urea groups is 1. The molecule has 0 spiro atoms. The van der Waals surface area contributed by atoms with E-state index in [0.717, 1.165) is 27.5 Å². The van der Waals surface area contributed by atoms with E-state index < -0.39 is 11.9 Å². The van der Waals surface area contributed by atoms with Crippen LogP contribution in [0.1, 0.15) is 28.1 Å². The van der Waals surface area contributed by atoms with Gasteiger partial charge >= 0.3 is 6.03 Å². The molecule has 1 aliphatic rings. The van der Waals surface area contributed by atoms with Gasteiger partial charge in [0.25, 0.3) is 5.91 Å². The number of halogens is 1. The molecule has 3 amide bonds. The number of carbonyl (C=O) groups is 2. The van der Waals surface area contributed by atoms with Crippen molar-refractivity contribution in [1.82, 2.24) is 9.88 Å². The van der Waals surface area contributed by atoms with Gasteiger partial charge in [0.15, 0.2) is 0 Å². The Morgan fingerprint density at radius 3 is 2.37 bits per heavy atom. The van der Waals surface area contributed by atoms with Crippen molar-refractivity contribution >= 4 is 35.3 Å². The smallest absolute Gasteiger partial charge is 0.318 e. The first-order valence-corrected chi connectivity index (χ1v) is 10.0. The fourth-order valence-electron chi connectivity index (χ4n) is 3.74. The average Bonchev–Trinajstić information content (AvgIpc) is 3.12. The number of anilines is 1. The summed E-state index contributed by atoms with van der Waals surface area (Å²) < 4.78 is 2.15. The van der Waals surface area contributed by atoms with Crippen LogP contribution in [-0.4, -0.2) is 16.5 Å². The minimum Gasteiger partial charge on any atom is -0.318 e. The zero-order valence-corrected chi connectivity index (χ0v) is 18.0. The first-order chi connectivity index (χ1) is 14.3. The van der Waals surface area contributed by atoms with E-state index in [-0.39, 0.29) is 5.70 Å². The summed E-state index contributed by atoms with van der Waals surface area (Å²) in [5.41, 5.74) is 7.12. The zero-order valence-electron chi connectivity index (χ0n) is 17.3. The van der Waals surface area contributed by atoms with E-state index in [1.165, 1.54) is 11.1 Å².